The van der Waals surface area contributed by atoms with Crippen molar-refractivity contribution in [3.63, 3.8) is 0 Å². The summed E-state index contributed by atoms with van der Waals surface area (Å²) in [6, 6.07) is 0. The molecular formula is C19H24O2. The Labute approximate surface area is 126 Å². The maximum absolute atomic E-state index is 11.7. The molecule has 12 atom stereocenters. The average molecular weight is 284 g/mol. The summed E-state index contributed by atoms with van der Waals surface area (Å²) in [6.07, 6.45) is 9.15. The molecule has 0 aliphatic heterocycles. The number of allylic oxidation sites excluding steroid dienone is 2. The molecule has 0 heterocycles. The van der Waals surface area contributed by atoms with E-state index >= 15 is 0 Å². The Morgan fingerprint density at radius 1 is 0.857 bits per heavy atom. The first-order valence-electron chi connectivity index (χ1n) is 9.08. The quantitative estimate of drug-likeness (QED) is 0.592. The standard InChI is InChI=1S/C19H24O2/c1-7-10-5-11(14(7)19(20)21)18-13-6-12(17(10)18)15-8-2-3-9(4-8)16(13)15/h2-3,7-18H,4-6H2,1H3,(H,20,21). The van der Waals surface area contributed by atoms with E-state index in [1.165, 1.54) is 19.3 Å². The van der Waals surface area contributed by atoms with Gasteiger partial charge in [0.05, 0.1) is 5.92 Å². The highest BCUT2D eigenvalue weighted by atomic mass is 16.4. The number of carbonyl (C=O) groups is 1. The van der Waals surface area contributed by atoms with E-state index in [-0.39, 0.29) is 5.92 Å². The molecule has 6 bridgehead atoms. The molecule has 6 aliphatic carbocycles. The van der Waals surface area contributed by atoms with Gasteiger partial charge in [-0.2, -0.15) is 0 Å². The van der Waals surface area contributed by atoms with Gasteiger partial charge in [0.1, 0.15) is 0 Å². The Balaban J connectivity index is 1.42. The Morgan fingerprint density at radius 2 is 1.43 bits per heavy atom. The molecule has 5 saturated carbocycles. The van der Waals surface area contributed by atoms with Crippen molar-refractivity contribution >= 4 is 5.97 Å². The first-order valence-corrected chi connectivity index (χ1v) is 9.08. The average Bonchev–Trinajstić information content (AvgIpc) is 3.23. The minimum atomic E-state index is -0.499. The molecule has 0 spiro atoms. The van der Waals surface area contributed by atoms with E-state index in [9.17, 15) is 9.90 Å². The van der Waals surface area contributed by atoms with Gasteiger partial charge in [-0.25, -0.2) is 0 Å². The number of hydrogen-bond donors (Lipinski definition) is 1. The summed E-state index contributed by atoms with van der Waals surface area (Å²) in [6.45, 7) is 2.24. The zero-order chi connectivity index (χ0) is 14.0. The van der Waals surface area contributed by atoms with Crippen LogP contribution < -0.4 is 0 Å². The highest BCUT2D eigenvalue weighted by molar-refractivity contribution is 5.71. The third-order valence-electron chi connectivity index (χ3n) is 9.07. The zero-order valence-corrected chi connectivity index (χ0v) is 12.6. The molecule has 0 radical (unpaired) electrons. The van der Waals surface area contributed by atoms with Crippen molar-refractivity contribution in [3.05, 3.63) is 12.2 Å². The van der Waals surface area contributed by atoms with Gasteiger partial charge in [0.25, 0.3) is 0 Å². The molecule has 2 nitrogen and oxygen atoms in total. The Hall–Kier alpha value is -0.790. The SMILES string of the molecule is CC1C2CC(C1C(=O)O)C1C3CC(C4C5C=CC(C5)C34)C21. The first-order chi connectivity index (χ1) is 10.2. The number of rotatable bonds is 1. The second-order valence-corrected chi connectivity index (χ2v) is 9.11. The number of carboxylic acid groups (broad SMARTS) is 1. The number of fused-ring (bicyclic) bond motifs is 16. The van der Waals surface area contributed by atoms with Crippen LogP contribution in [-0.4, -0.2) is 11.1 Å². The summed E-state index contributed by atoms with van der Waals surface area (Å²) >= 11 is 0. The van der Waals surface area contributed by atoms with Crippen LogP contribution in [0.1, 0.15) is 26.2 Å². The van der Waals surface area contributed by atoms with Gasteiger partial charge in [0.15, 0.2) is 0 Å². The van der Waals surface area contributed by atoms with Crippen LogP contribution in [0.3, 0.4) is 0 Å². The third-order valence-corrected chi connectivity index (χ3v) is 9.07. The Bertz CT molecular complexity index is 566. The van der Waals surface area contributed by atoms with E-state index < -0.39 is 5.97 Å². The molecule has 6 aliphatic rings. The van der Waals surface area contributed by atoms with Gasteiger partial charge in [0.2, 0.25) is 0 Å². The molecule has 6 rings (SSSR count). The van der Waals surface area contributed by atoms with Crippen LogP contribution in [0.25, 0.3) is 0 Å². The van der Waals surface area contributed by atoms with Crippen molar-refractivity contribution in [1.29, 1.82) is 0 Å². The lowest BCUT2D eigenvalue weighted by Gasteiger charge is -2.47. The highest BCUT2D eigenvalue weighted by Gasteiger charge is 2.72. The molecule has 1 N–H and O–H groups in total. The molecule has 2 heteroatoms. The number of carboxylic acids is 1. The van der Waals surface area contributed by atoms with Gasteiger partial charge in [-0.3, -0.25) is 4.79 Å². The predicted octanol–water partition coefficient (Wildman–Crippen LogP) is 3.29. The Kier molecular flexibility index (Phi) is 1.91. The zero-order valence-electron chi connectivity index (χ0n) is 12.6. The fraction of sp³-hybridized carbons (Fsp3) is 0.842. The third kappa shape index (κ3) is 1.09. The lowest BCUT2D eigenvalue weighted by Crippen LogP contribution is -2.45. The first kappa shape index (κ1) is 11.7. The van der Waals surface area contributed by atoms with E-state index in [0.717, 1.165) is 53.3 Å². The molecule has 0 aromatic heterocycles. The van der Waals surface area contributed by atoms with E-state index in [4.69, 9.17) is 0 Å². The minimum absolute atomic E-state index is 0.0248. The van der Waals surface area contributed by atoms with E-state index in [2.05, 4.69) is 19.1 Å². The lowest BCUT2D eigenvalue weighted by molar-refractivity contribution is -0.148. The van der Waals surface area contributed by atoms with Gasteiger partial charge < -0.3 is 5.11 Å². The van der Waals surface area contributed by atoms with Gasteiger partial charge in [-0.1, -0.05) is 19.1 Å². The Morgan fingerprint density at radius 3 is 2.05 bits per heavy atom. The van der Waals surface area contributed by atoms with Crippen molar-refractivity contribution in [2.45, 2.75) is 26.2 Å². The molecule has 0 aromatic rings. The summed E-state index contributed by atoms with van der Waals surface area (Å²) in [5.41, 5.74) is 0. The van der Waals surface area contributed by atoms with Gasteiger partial charge in [0, 0.05) is 0 Å². The summed E-state index contributed by atoms with van der Waals surface area (Å²) in [4.78, 5) is 11.7. The monoisotopic (exact) mass is 284 g/mol. The number of aliphatic carboxylic acids is 1. The fourth-order valence-electron chi connectivity index (χ4n) is 8.98. The second kappa shape index (κ2) is 3.41. The van der Waals surface area contributed by atoms with Gasteiger partial charge in [-0.05, 0) is 84.4 Å². The molecule has 0 saturated heterocycles. The molecule has 21 heavy (non-hydrogen) atoms. The lowest BCUT2D eigenvalue weighted by atomic mass is 9.57. The topological polar surface area (TPSA) is 37.3 Å². The van der Waals surface area contributed by atoms with Crippen LogP contribution in [0.4, 0.5) is 0 Å². The van der Waals surface area contributed by atoms with E-state index in [1.807, 2.05) is 0 Å². The van der Waals surface area contributed by atoms with Gasteiger partial charge >= 0.3 is 5.97 Å². The van der Waals surface area contributed by atoms with Crippen molar-refractivity contribution in [3.8, 4) is 0 Å². The summed E-state index contributed by atoms with van der Waals surface area (Å²) in [5, 5.41) is 9.68. The summed E-state index contributed by atoms with van der Waals surface area (Å²) in [7, 11) is 0. The molecule has 0 amide bonds. The van der Waals surface area contributed by atoms with Crippen molar-refractivity contribution < 1.29 is 9.90 Å². The second-order valence-electron chi connectivity index (χ2n) is 9.11. The molecule has 0 aromatic carbocycles. The van der Waals surface area contributed by atoms with Crippen LogP contribution in [0.15, 0.2) is 12.2 Å². The summed E-state index contributed by atoms with van der Waals surface area (Å²) < 4.78 is 0. The smallest absolute Gasteiger partial charge is 0.307 e. The van der Waals surface area contributed by atoms with Crippen LogP contribution in [0.2, 0.25) is 0 Å². The normalized spacial score (nSPS) is 67.9. The van der Waals surface area contributed by atoms with Crippen molar-refractivity contribution in [2.24, 2.45) is 71.0 Å². The molecule has 5 fully saturated rings. The van der Waals surface area contributed by atoms with Crippen LogP contribution in [0.5, 0.6) is 0 Å². The number of hydrogen-bond acceptors (Lipinski definition) is 1. The summed E-state index contributed by atoms with van der Waals surface area (Å²) in [5.74, 6) is 8.36. The van der Waals surface area contributed by atoms with Crippen molar-refractivity contribution in [2.75, 3.05) is 0 Å². The van der Waals surface area contributed by atoms with E-state index in [1.54, 1.807) is 0 Å². The highest BCUT2D eigenvalue weighted by Crippen LogP contribution is 2.77. The largest absolute Gasteiger partial charge is 0.481 e. The predicted molar refractivity (Wildman–Crippen MR) is 78.2 cm³/mol. The maximum atomic E-state index is 11.7. The molecule has 12 unspecified atom stereocenters. The van der Waals surface area contributed by atoms with Crippen LogP contribution in [-0.2, 0) is 4.79 Å². The van der Waals surface area contributed by atoms with Crippen molar-refractivity contribution in [1.82, 2.24) is 0 Å². The minimum Gasteiger partial charge on any atom is -0.481 e. The van der Waals surface area contributed by atoms with Crippen LogP contribution >= 0.6 is 0 Å². The van der Waals surface area contributed by atoms with E-state index in [0.29, 0.717) is 11.8 Å². The molecular weight excluding hydrogens is 260 g/mol. The van der Waals surface area contributed by atoms with Crippen LogP contribution in [0, 0.1) is 71.0 Å². The van der Waals surface area contributed by atoms with Gasteiger partial charge in [-0.15, -0.1) is 0 Å². The fourth-order valence-corrected chi connectivity index (χ4v) is 8.98. The maximum Gasteiger partial charge on any atom is 0.307 e. The molecule has 112 valence electrons.